The largest absolute Gasteiger partial charge is 0.311 e. The van der Waals surface area contributed by atoms with Crippen LogP contribution in [0.25, 0.3) is 0 Å². The van der Waals surface area contributed by atoms with Gasteiger partial charge in [-0.05, 0) is 44.1 Å². The van der Waals surface area contributed by atoms with E-state index in [-0.39, 0.29) is 0 Å². The second-order valence-corrected chi connectivity index (χ2v) is 4.26. The standard InChI is InChI=1S/C12H19N3/c1-15-8-2-3-12(15)10-14-9-11-4-6-13-7-5-11/h4-7,12,14H,2-3,8-10H2,1H3. The van der Waals surface area contributed by atoms with E-state index in [1.165, 1.54) is 24.9 Å². The molecule has 0 amide bonds. The molecule has 1 saturated heterocycles. The van der Waals surface area contributed by atoms with E-state index in [4.69, 9.17) is 0 Å². The third-order valence-electron chi connectivity index (χ3n) is 3.13. The summed E-state index contributed by atoms with van der Waals surface area (Å²) in [6.07, 6.45) is 6.37. The highest BCUT2D eigenvalue weighted by atomic mass is 15.2. The minimum absolute atomic E-state index is 0.729. The van der Waals surface area contributed by atoms with Crippen molar-refractivity contribution in [2.24, 2.45) is 0 Å². The van der Waals surface area contributed by atoms with E-state index in [0.717, 1.165) is 19.1 Å². The Hall–Kier alpha value is -0.930. The molecule has 82 valence electrons. The van der Waals surface area contributed by atoms with Crippen LogP contribution in [-0.2, 0) is 6.54 Å². The van der Waals surface area contributed by atoms with Gasteiger partial charge in [-0.15, -0.1) is 0 Å². The van der Waals surface area contributed by atoms with Gasteiger partial charge in [-0.2, -0.15) is 0 Å². The van der Waals surface area contributed by atoms with E-state index in [0.29, 0.717) is 0 Å². The summed E-state index contributed by atoms with van der Waals surface area (Å²) in [5, 5.41) is 3.50. The van der Waals surface area contributed by atoms with Crippen molar-refractivity contribution in [1.29, 1.82) is 0 Å². The van der Waals surface area contributed by atoms with Crippen LogP contribution in [0.3, 0.4) is 0 Å². The normalized spacial score (nSPS) is 22.1. The molecule has 1 fully saturated rings. The first-order valence-corrected chi connectivity index (χ1v) is 5.66. The molecule has 0 bridgehead atoms. The van der Waals surface area contributed by atoms with Gasteiger partial charge in [0.05, 0.1) is 0 Å². The predicted octanol–water partition coefficient (Wildman–Crippen LogP) is 1.27. The van der Waals surface area contributed by atoms with Crippen molar-refractivity contribution in [1.82, 2.24) is 15.2 Å². The van der Waals surface area contributed by atoms with Gasteiger partial charge < -0.3 is 10.2 Å². The zero-order valence-corrected chi connectivity index (χ0v) is 9.32. The van der Waals surface area contributed by atoms with Gasteiger partial charge in [0.25, 0.3) is 0 Å². The number of likely N-dealkylation sites (tertiary alicyclic amines) is 1. The first-order chi connectivity index (χ1) is 7.36. The van der Waals surface area contributed by atoms with Crippen LogP contribution in [0.5, 0.6) is 0 Å². The van der Waals surface area contributed by atoms with Crippen LogP contribution < -0.4 is 5.32 Å². The van der Waals surface area contributed by atoms with Crippen molar-refractivity contribution in [2.45, 2.75) is 25.4 Å². The third kappa shape index (κ3) is 3.01. The molecule has 3 nitrogen and oxygen atoms in total. The summed E-state index contributed by atoms with van der Waals surface area (Å²) in [5.41, 5.74) is 1.31. The number of hydrogen-bond donors (Lipinski definition) is 1. The van der Waals surface area contributed by atoms with Crippen LogP contribution in [-0.4, -0.2) is 36.1 Å². The van der Waals surface area contributed by atoms with E-state index < -0.39 is 0 Å². The maximum atomic E-state index is 4.01. The number of likely N-dealkylation sites (N-methyl/N-ethyl adjacent to an activating group) is 1. The van der Waals surface area contributed by atoms with Gasteiger partial charge in [0, 0.05) is 31.5 Å². The third-order valence-corrected chi connectivity index (χ3v) is 3.13. The minimum Gasteiger partial charge on any atom is -0.311 e. The van der Waals surface area contributed by atoms with Crippen molar-refractivity contribution in [3.8, 4) is 0 Å². The molecular weight excluding hydrogens is 186 g/mol. The quantitative estimate of drug-likeness (QED) is 0.802. The van der Waals surface area contributed by atoms with Crippen molar-refractivity contribution in [3.63, 3.8) is 0 Å². The Morgan fingerprint density at radius 3 is 2.93 bits per heavy atom. The summed E-state index contributed by atoms with van der Waals surface area (Å²) in [4.78, 5) is 6.45. The van der Waals surface area contributed by atoms with Crippen LogP contribution in [0.4, 0.5) is 0 Å². The molecule has 0 radical (unpaired) electrons. The Labute approximate surface area is 91.5 Å². The Morgan fingerprint density at radius 2 is 2.27 bits per heavy atom. The molecule has 1 atom stereocenters. The molecular formula is C12H19N3. The van der Waals surface area contributed by atoms with E-state index in [9.17, 15) is 0 Å². The SMILES string of the molecule is CN1CCCC1CNCc1ccncc1. The minimum atomic E-state index is 0.729. The highest BCUT2D eigenvalue weighted by Gasteiger charge is 2.19. The number of rotatable bonds is 4. The number of nitrogens with one attached hydrogen (secondary N) is 1. The van der Waals surface area contributed by atoms with Crippen LogP contribution in [0.2, 0.25) is 0 Å². The van der Waals surface area contributed by atoms with Gasteiger partial charge in [-0.1, -0.05) is 0 Å². The van der Waals surface area contributed by atoms with Crippen LogP contribution in [0.1, 0.15) is 18.4 Å². The van der Waals surface area contributed by atoms with Crippen LogP contribution in [0.15, 0.2) is 24.5 Å². The zero-order chi connectivity index (χ0) is 10.5. The molecule has 1 N–H and O–H groups in total. The summed E-state index contributed by atoms with van der Waals surface area (Å²) >= 11 is 0. The number of hydrogen-bond acceptors (Lipinski definition) is 3. The lowest BCUT2D eigenvalue weighted by Crippen LogP contribution is -2.35. The topological polar surface area (TPSA) is 28.2 Å². The molecule has 2 heterocycles. The Balaban J connectivity index is 1.71. The van der Waals surface area contributed by atoms with Crippen molar-refractivity contribution >= 4 is 0 Å². The molecule has 0 aromatic carbocycles. The molecule has 1 aromatic heterocycles. The van der Waals surface area contributed by atoms with Gasteiger partial charge in [-0.25, -0.2) is 0 Å². The molecule has 1 aromatic rings. The first-order valence-electron chi connectivity index (χ1n) is 5.66. The molecule has 15 heavy (non-hydrogen) atoms. The summed E-state index contributed by atoms with van der Waals surface area (Å²) in [7, 11) is 2.21. The van der Waals surface area contributed by atoms with Gasteiger partial charge in [0.2, 0.25) is 0 Å². The smallest absolute Gasteiger partial charge is 0.0271 e. The maximum Gasteiger partial charge on any atom is 0.0271 e. The van der Waals surface area contributed by atoms with Crippen molar-refractivity contribution < 1.29 is 0 Å². The summed E-state index contributed by atoms with van der Waals surface area (Å²) < 4.78 is 0. The summed E-state index contributed by atoms with van der Waals surface area (Å²) in [6.45, 7) is 3.30. The lowest BCUT2D eigenvalue weighted by atomic mass is 10.2. The Morgan fingerprint density at radius 1 is 1.47 bits per heavy atom. The number of pyridine rings is 1. The highest BCUT2D eigenvalue weighted by molar-refractivity contribution is 5.09. The van der Waals surface area contributed by atoms with Crippen molar-refractivity contribution in [3.05, 3.63) is 30.1 Å². The fourth-order valence-electron chi connectivity index (χ4n) is 2.12. The average Bonchev–Trinajstić information content (AvgIpc) is 2.66. The number of nitrogens with zero attached hydrogens (tertiary/aromatic N) is 2. The van der Waals surface area contributed by atoms with E-state index >= 15 is 0 Å². The summed E-state index contributed by atoms with van der Waals surface area (Å²) in [5.74, 6) is 0. The van der Waals surface area contributed by atoms with E-state index in [1.54, 1.807) is 0 Å². The Kier molecular flexibility index (Phi) is 3.69. The van der Waals surface area contributed by atoms with Gasteiger partial charge >= 0.3 is 0 Å². The highest BCUT2D eigenvalue weighted by Crippen LogP contribution is 2.13. The van der Waals surface area contributed by atoms with E-state index in [2.05, 4.69) is 34.4 Å². The van der Waals surface area contributed by atoms with Crippen LogP contribution >= 0.6 is 0 Å². The van der Waals surface area contributed by atoms with Crippen molar-refractivity contribution in [2.75, 3.05) is 20.1 Å². The second kappa shape index (κ2) is 5.24. The monoisotopic (exact) mass is 205 g/mol. The van der Waals surface area contributed by atoms with Gasteiger partial charge in [-0.3, -0.25) is 4.98 Å². The predicted molar refractivity (Wildman–Crippen MR) is 61.6 cm³/mol. The fourth-order valence-corrected chi connectivity index (χ4v) is 2.12. The lowest BCUT2D eigenvalue weighted by molar-refractivity contribution is 0.300. The summed E-state index contributed by atoms with van der Waals surface area (Å²) in [6, 6.07) is 4.85. The van der Waals surface area contributed by atoms with Crippen LogP contribution in [0, 0.1) is 0 Å². The Bertz CT molecular complexity index is 286. The zero-order valence-electron chi connectivity index (χ0n) is 9.32. The molecule has 0 saturated carbocycles. The molecule has 3 heteroatoms. The lowest BCUT2D eigenvalue weighted by Gasteiger charge is -2.19. The fraction of sp³-hybridized carbons (Fsp3) is 0.583. The average molecular weight is 205 g/mol. The molecule has 0 spiro atoms. The van der Waals surface area contributed by atoms with E-state index in [1.807, 2.05) is 12.4 Å². The molecule has 1 unspecified atom stereocenters. The molecule has 1 aliphatic rings. The van der Waals surface area contributed by atoms with Gasteiger partial charge in [0.15, 0.2) is 0 Å². The first kappa shape index (κ1) is 10.6. The van der Waals surface area contributed by atoms with Gasteiger partial charge in [0.1, 0.15) is 0 Å². The molecule has 1 aliphatic heterocycles. The number of aromatic nitrogens is 1. The second-order valence-electron chi connectivity index (χ2n) is 4.26. The maximum absolute atomic E-state index is 4.01. The molecule has 0 aliphatic carbocycles. The molecule has 2 rings (SSSR count).